The quantitative estimate of drug-likeness (QED) is 0.680. The average Bonchev–Trinajstić information content (AvgIpc) is 2.80. The molecule has 1 N–H and O–H groups in total. The fourth-order valence-corrected chi connectivity index (χ4v) is 3.35. The van der Waals surface area contributed by atoms with E-state index in [2.05, 4.69) is 38.6 Å². The summed E-state index contributed by atoms with van der Waals surface area (Å²) in [5.41, 5.74) is 1.16. The summed E-state index contributed by atoms with van der Waals surface area (Å²) < 4.78 is 2.11. The van der Waals surface area contributed by atoms with Crippen LogP contribution in [0, 0.1) is 11.8 Å². The Balaban J connectivity index is 2.00. The third kappa shape index (κ3) is 3.72. The average molecular weight is 306 g/mol. The highest BCUT2D eigenvalue weighted by atomic mass is 15.3. The zero-order chi connectivity index (χ0) is 16.3. The van der Waals surface area contributed by atoms with Crippen LogP contribution in [0.5, 0.6) is 0 Å². The van der Waals surface area contributed by atoms with Crippen molar-refractivity contribution in [1.82, 2.24) is 19.8 Å². The van der Waals surface area contributed by atoms with Crippen molar-refractivity contribution in [2.24, 2.45) is 23.9 Å². The van der Waals surface area contributed by atoms with Gasteiger partial charge in [0.2, 0.25) is 5.95 Å². The molecule has 2 heterocycles. The van der Waals surface area contributed by atoms with Gasteiger partial charge >= 0.3 is 0 Å². The molecule has 1 saturated heterocycles. The highest BCUT2D eigenvalue weighted by molar-refractivity contribution is 5.80. The van der Waals surface area contributed by atoms with Gasteiger partial charge in [0.1, 0.15) is 0 Å². The van der Waals surface area contributed by atoms with Crippen molar-refractivity contribution >= 4 is 11.9 Å². The molecule has 1 aromatic rings. The SMILES string of the molecule is CN=C(NCc1cnc(N(C)C)n1C)N1CC(C)CC(C)C1. The second-order valence-electron chi connectivity index (χ2n) is 6.75. The lowest BCUT2D eigenvalue weighted by atomic mass is 9.92. The van der Waals surface area contributed by atoms with Crippen molar-refractivity contribution in [3.63, 3.8) is 0 Å². The number of anilines is 1. The highest BCUT2D eigenvalue weighted by Gasteiger charge is 2.24. The van der Waals surface area contributed by atoms with Gasteiger partial charge in [-0.05, 0) is 18.3 Å². The number of nitrogens with one attached hydrogen (secondary N) is 1. The molecule has 6 nitrogen and oxygen atoms in total. The van der Waals surface area contributed by atoms with Crippen LogP contribution < -0.4 is 10.2 Å². The summed E-state index contributed by atoms with van der Waals surface area (Å²) in [5, 5.41) is 3.49. The summed E-state index contributed by atoms with van der Waals surface area (Å²) in [7, 11) is 7.93. The lowest BCUT2D eigenvalue weighted by molar-refractivity contribution is 0.208. The maximum absolute atomic E-state index is 4.46. The van der Waals surface area contributed by atoms with Gasteiger partial charge in [0, 0.05) is 41.3 Å². The van der Waals surface area contributed by atoms with Crippen LogP contribution in [-0.2, 0) is 13.6 Å². The van der Waals surface area contributed by atoms with E-state index in [-0.39, 0.29) is 0 Å². The maximum atomic E-state index is 4.46. The number of nitrogens with zero attached hydrogens (tertiary/aromatic N) is 5. The van der Waals surface area contributed by atoms with E-state index in [1.165, 1.54) is 6.42 Å². The summed E-state index contributed by atoms with van der Waals surface area (Å²) in [6.07, 6.45) is 3.23. The number of piperidine rings is 1. The molecule has 0 spiro atoms. The second-order valence-corrected chi connectivity index (χ2v) is 6.75. The van der Waals surface area contributed by atoms with Gasteiger partial charge in [-0.2, -0.15) is 0 Å². The number of hydrogen-bond donors (Lipinski definition) is 1. The summed E-state index contributed by atoms with van der Waals surface area (Å²) in [4.78, 5) is 13.3. The van der Waals surface area contributed by atoms with E-state index in [4.69, 9.17) is 0 Å². The Labute approximate surface area is 134 Å². The molecule has 1 aliphatic rings. The predicted octanol–water partition coefficient (Wildman–Crippen LogP) is 1.54. The molecule has 22 heavy (non-hydrogen) atoms. The largest absolute Gasteiger partial charge is 0.351 e. The molecule has 0 radical (unpaired) electrons. The number of hydrogen-bond acceptors (Lipinski definition) is 3. The fourth-order valence-electron chi connectivity index (χ4n) is 3.35. The van der Waals surface area contributed by atoms with Gasteiger partial charge < -0.3 is 19.7 Å². The van der Waals surface area contributed by atoms with E-state index in [0.29, 0.717) is 0 Å². The number of aromatic nitrogens is 2. The van der Waals surface area contributed by atoms with E-state index in [0.717, 1.165) is 49.1 Å². The Morgan fingerprint density at radius 2 is 2.00 bits per heavy atom. The van der Waals surface area contributed by atoms with Gasteiger partial charge in [-0.15, -0.1) is 0 Å². The van der Waals surface area contributed by atoms with Gasteiger partial charge in [-0.3, -0.25) is 4.99 Å². The van der Waals surface area contributed by atoms with Crippen LogP contribution in [0.25, 0.3) is 0 Å². The van der Waals surface area contributed by atoms with Crippen LogP contribution in [0.3, 0.4) is 0 Å². The van der Waals surface area contributed by atoms with Crippen molar-refractivity contribution in [1.29, 1.82) is 0 Å². The number of imidazole rings is 1. The maximum Gasteiger partial charge on any atom is 0.204 e. The lowest BCUT2D eigenvalue weighted by Crippen LogP contribution is -2.48. The minimum atomic E-state index is 0.722. The molecule has 2 rings (SSSR count). The molecular formula is C16H30N6. The molecule has 0 aromatic carbocycles. The Morgan fingerprint density at radius 1 is 1.36 bits per heavy atom. The number of guanidine groups is 1. The molecule has 1 fully saturated rings. The van der Waals surface area contributed by atoms with E-state index in [1.807, 2.05) is 39.3 Å². The van der Waals surface area contributed by atoms with Crippen molar-refractivity contribution in [2.75, 3.05) is 39.1 Å². The Morgan fingerprint density at radius 3 is 2.50 bits per heavy atom. The standard InChI is InChI=1S/C16H30N6/c1-12-7-13(2)11-22(10-12)15(17-3)18-8-14-9-19-16(20(4)5)21(14)6/h9,12-13H,7-8,10-11H2,1-6H3,(H,17,18). The van der Waals surface area contributed by atoms with E-state index in [9.17, 15) is 0 Å². The van der Waals surface area contributed by atoms with E-state index in [1.54, 1.807) is 0 Å². The highest BCUT2D eigenvalue weighted by Crippen LogP contribution is 2.21. The van der Waals surface area contributed by atoms with Gasteiger partial charge in [0.05, 0.1) is 18.4 Å². The van der Waals surface area contributed by atoms with Crippen LogP contribution in [0.4, 0.5) is 5.95 Å². The predicted molar refractivity (Wildman–Crippen MR) is 92.3 cm³/mol. The van der Waals surface area contributed by atoms with Crippen molar-refractivity contribution in [2.45, 2.75) is 26.8 Å². The number of likely N-dealkylation sites (tertiary alicyclic amines) is 1. The first-order valence-corrected chi connectivity index (χ1v) is 8.05. The summed E-state index contributed by atoms with van der Waals surface area (Å²) in [6, 6.07) is 0. The van der Waals surface area contributed by atoms with E-state index >= 15 is 0 Å². The van der Waals surface area contributed by atoms with Crippen LogP contribution in [-0.4, -0.2) is 54.6 Å². The topological polar surface area (TPSA) is 48.7 Å². The normalized spacial score (nSPS) is 22.8. The summed E-state index contributed by atoms with van der Waals surface area (Å²) in [5.74, 6) is 3.40. The second kappa shape index (κ2) is 7.03. The minimum Gasteiger partial charge on any atom is -0.351 e. The van der Waals surface area contributed by atoms with E-state index < -0.39 is 0 Å². The third-order valence-corrected chi connectivity index (χ3v) is 4.27. The van der Waals surface area contributed by atoms with Crippen LogP contribution in [0.15, 0.2) is 11.2 Å². The van der Waals surface area contributed by atoms with Crippen LogP contribution in [0.2, 0.25) is 0 Å². The molecule has 1 aliphatic heterocycles. The zero-order valence-electron chi connectivity index (χ0n) is 14.8. The third-order valence-electron chi connectivity index (χ3n) is 4.27. The number of aliphatic imine (C=N–C) groups is 1. The monoisotopic (exact) mass is 306 g/mol. The molecule has 1 aromatic heterocycles. The lowest BCUT2D eigenvalue weighted by Gasteiger charge is -2.37. The smallest absolute Gasteiger partial charge is 0.204 e. The van der Waals surface area contributed by atoms with Gasteiger partial charge in [0.25, 0.3) is 0 Å². The molecule has 0 bridgehead atoms. The molecule has 6 heteroatoms. The van der Waals surface area contributed by atoms with Gasteiger partial charge in [-0.25, -0.2) is 4.98 Å². The number of rotatable bonds is 3. The van der Waals surface area contributed by atoms with Crippen molar-refractivity contribution in [3.8, 4) is 0 Å². The molecule has 0 aliphatic carbocycles. The molecule has 0 amide bonds. The fraction of sp³-hybridized carbons (Fsp3) is 0.750. The first kappa shape index (κ1) is 16.6. The van der Waals surface area contributed by atoms with Gasteiger partial charge in [-0.1, -0.05) is 13.8 Å². The first-order valence-electron chi connectivity index (χ1n) is 8.05. The molecule has 2 unspecified atom stereocenters. The Bertz CT molecular complexity index is 509. The Kier molecular flexibility index (Phi) is 5.32. The van der Waals surface area contributed by atoms with Crippen LogP contribution in [0.1, 0.15) is 26.0 Å². The molecule has 2 atom stereocenters. The van der Waals surface area contributed by atoms with Crippen molar-refractivity contribution < 1.29 is 0 Å². The van der Waals surface area contributed by atoms with Crippen molar-refractivity contribution in [3.05, 3.63) is 11.9 Å². The van der Waals surface area contributed by atoms with Gasteiger partial charge in [0.15, 0.2) is 5.96 Å². The summed E-state index contributed by atoms with van der Waals surface area (Å²) in [6.45, 7) is 7.54. The Hall–Kier alpha value is -1.72. The zero-order valence-corrected chi connectivity index (χ0v) is 14.8. The molecule has 124 valence electrons. The summed E-state index contributed by atoms with van der Waals surface area (Å²) >= 11 is 0. The van der Waals surface area contributed by atoms with Crippen LogP contribution >= 0.6 is 0 Å². The molecular weight excluding hydrogens is 276 g/mol. The molecule has 0 saturated carbocycles. The first-order chi connectivity index (χ1) is 10.4. The minimum absolute atomic E-state index is 0.722.